The number of sulfonamides is 1. The highest BCUT2D eigenvalue weighted by atomic mass is 32.2. The van der Waals surface area contributed by atoms with E-state index in [1.54, 1.807) is 6.92 Å². The van der Waals surface area contributed by atoms with Crippen LogP contribution in [0.25, 0.3) is 0 Å². The van der Waals surface area contributed by atoms with Gasteiger partial charge in [-0.05, 0) is 48.6 Å². The number of carbonyl (C=O) groups excluding carboxylic acids is 1. The van der Waals surface area contributed by atoms with Crippen LogP contribution in [0.4, 0.5) is 0 Å². The fourth-order valence-electron chi connectivity index (χ4n) is 3.82. The van der Waals surface area contributed by atoms with Crippen LogP contribution in [0.2, 0.25) is 0 Å². The number of aryl methyl sites for hydroxylation is 2. The first-order valence-electron chi connectivity index (χ1n) is 9.95. The molecule has 0 fully saturated rings. The van der Waals surface area contributed by atoms with Gasteiger partial charge in [0, 0.05) is 25.3 Å². The molecule has 1 aromatic heterocycles. The molecule has 2 aromatic carbocycles. The van der Waals surface area contributed by atoms with Gasteiger partial charge in [0.05, 0.1) is 0 Å². The van der Waals surface area contributed by atoms with Crippen molar-refractivity contribution in [2.45, 2.75) is 38.3 Å². The van der Waals surface area contributed by atoms with Gasteiger partial charge in [-0.25, -0.2) is 8.42 Å². The lowest BCUT2D eigenvalue weighted by molar-refractivity contribution is 0.0946. The smallest absolute Gasteiger partial charge is 0.268 e. The molecule has 1 aliphatic rings. The standard InChI is InChI=1S/C23H25N3O3S/c1-16-7-3-4-9-19(16)14-24-23(27)21-13-22(17(2)25-21)30(28,29)26-12-11-18-8-5-6-10-20(18)15-26/h3-10,13,25H,11-12,14-15H2,1-2H3,(H,24,27). The van der Waals surface area contributed by atoms with Crippen LogP contribution >= 0.6 is 0 Å². The fraction of sp³-hybridized carbons (Fsp3) is 0.261. The highest BCUT2D eigenvalue weighted by molar-refractivity contribution is 7.89. The van der Waals surface area contributed by atoms with Crippen molar-refractivity contribution in [2.75, 3.05) is 6.54 Å². The molecule has 30 heavy (non-hydrogen) atoms. The Kier molecular flexibility index (Phi) is 5.49. The number of benzene rings is 2. The maximum Gasteiger partial charge on any atom is 0.268 e. The van der Waals surface area contributed by atoms with E-state index in [2.05, 4.69) is 10.3 Å². The Balaban J connectivity index is 1.52. The summed E-state index contributed by atoms with van der Waals surface area (Å²) in [6.07, 6.45) is 0.683. The van der Waals surface area contributed by atoms with Gasteiger partial charge in [-0.3, -0.25) is 4.79 Å². The van der Waals surface area contributed by atoms with Gasteiger partial charge >= 0.3 is 0 Å². The number of aromatic nitrogens is 1. The van der Waals surface area contributed by atoms with Crippen molar-refractivity contribution < 1.29 is 13.2 Å². The first-order chi connectivity index (χ1) is 14.4. The largest absolute Gasteiger partial charge is 0.353 e. The van der Waals surface area contributed by atoms with Gasteiger partial charge in [0.2, 0.25) is 10.0 Å². The second kappa shape index (κ2) is 8.08. The topological polar surface area (TPSA) is 82.3 Å². The van der Waals surface area contributed by atoms with E-state index in [-0.39, 0.29) is 16.5 Å². The van der Waals surface area contributed by atoms with Gasteiger partial charge in [0.15, 0.2) is 0 Å². The van der Waals surface area contributed by atoms with Crippen LogP contribution in [-0.2, 0) is 29.5 Å². The number of fused-ring (bicyclic) bond motifs is 1. The molecule has 156 valence electrons. The Hall–Kier alpha value is -2.90. The molecule has 7 heteroatoms. The number of nitrogens with zero attached hydrogens (tertiary/aromatic N) is 1. The Morgan fingerprint density at radius 1 is 1.07 bits per heavy atom. The van der Waals surface area contributed by atoms with Gasteiger partial charge in [-0.1, -0.05) is 48.5 Å². The van der Waals surface area contributed by atoms with E-state index in [1.165, 1.54) is 15.9 Å². The Labute approximate surface area is 177 Å². The van der Waals surface area contributed by atoms with Crippen molar-refractivity contribution in [2.24, 2.45) is 0 Å². The minimum Gasteiger partial charge on any atom is -0.353 e. The molecule has 0 saturated heterocycles. The molecule has 0 aliphatic carbocycles. The first kappa shape index (κ1) is 20.4. The Bertz CT molecular complexity index is 1200. The van der Waals surface area contributed by atoms with Crippen LogP contribution in [0.1, 0.15) is 38.4 Å². The number of aromatic amines is 1. The number of hydrogen-bond acceptors (Lipinski definition) is 3. The van der Waals surface area contributed by atoms with Crippen LogP contribution in [0, 0.1) is 13.8 Å². The molecule has 4 rings (SSSR count). The van der Waals surface area contributed by atoms with Crippen molar-refractivity contribution in [1.82, 2.24) is 14.6 Å². The summed E-state index contributed by atoms with van der Waals surface area (Å²) in [5, 5.41) is 2.86. The predicted octanol–water partition coefficient (Wildman–Crippen LogP) is 3.31. The predicted molar refractivity (Wildman–Crippen MR) is 116 cm³/mol. The van der Waals surface area contributed by atoms with Crippen molar-refractivity contribution in [3.63, 3.8) is 0 Å². The molecule has 0 radical (unpaired) electrons. The zero-order valence-electron chi connectivity index (χ0n) is 17.1. The number of carbonyl (C=O) groups is 1. The lowest BCUT2D eigenvalue weighted by Crippen LogP contribution is -2.36. The molecule has 0 saturated carbocycles. The Morgan fingerprint density at radius 3 is 2.53 bits per heavy atom. The minimum atomic E-state index is -3.70. The number of nitrogens with one attached hydrogen (secondary N) is 2. The maximum atomic E-state index is 13.3. The molecule has 0 spiro atoms. The maximum absolute atomic E-state index is 13.3. The van der Waals surface area contributed by atoms with Crippen molar-refractivity contribution in [1.29, 1.82) is 0 Å². The van der Waals surface area contributed by atoms with Gasteiger partial charge in [-0.15, -0.1) is 0 Å². The van der Waals surface area contributed by atoms with Crippen molar-refractivity contribution in [3.05, 3.63) is 88.2 Å². The molecule has 3 aromatic rings. The molecular formula is C23H25N3O3S. The summed E-state index contributed by atoms with van der Waals surface area (Å²) < 4.78 is 28.0. The summed E-state index contributed by atoms with van der Waals surface area (Å²) in [5.74, 6) is -0.327. The molecule has 0 unspecified atom stereocenters. The lowest BCUT2D eigenvalue weighted by Gasteiger charge is -2.27. The Morgan fingerprint density at radius 2 is 1.77 bits per heavy atom. The number of rotatable bonds is 5. The summed E-state index contributed by atoms with van der Waals surface area (Å²) in [6, 6.07) is 17.2. The summed E-state index contributed by atoms with van der Waals surface area (Å²) in [4.78, 5) is 15.7. The third kappa shape index (κ3) is 3.91. The quantitative estimate of drug-likeness (QED) is 0.661. The summed E-state index contributed by atoms with van der Waals surface area (Å²) in [6.45, 7) is 4.83. The molecular weight excluding hydrogens is 398 g/mol. The normalized spacial score (nSPS) is 14.3. The van der Waals surface area contributed by atoms with E-state index in [4.69, 9.17) is 0 Å². The summed E-state index contributed by atoms with van der Waals surface area (Å²) in [5.41, 5.74) is 5.04. The van der Waals surface area contributed by atoms with Crippen LogP contribution in [0.5, 0.6) is 0 Å². The van der Waals surface area contributed by atoms with Crippen LogP contribution in [0.3, 0.4) is 0 Å². The van der Waals surface area contributed by atoms with E-state index in [1.807, 2.05) is 55.5 Å². The molecule has 2 heterocycles. The van der Waals surface area contributed by atoms with Crippen LogP contribution < -0.4 is 5.32 Å². The third-order valence-corrected chi connectivity index (χ3v) is 7.60. The van der Waals surface area contributed by atoms with E-state index in [9.17, 15) is 13.2 Å². The minimum absolute atomic E-state index is 0.155. The van der Waals surface area contributed by atoms with Gasteiger partial charge in [0.1, 0.15) is 10.6 Å². The molecule has 1 aliphatic heterocycles. The van der Waals surface area contributed by atoms with Crippen molar-refractivity contribution >= 4 is 15.9 Å². The first-order valence-corrected chi connectivity index (χ1v) is 11.4. The van der Waals surface area contributed by atoms with Gasteiger partial charge < -0.3 is 10.3 Å². The fourth-order valence-corrected chi connectivity index (χ4v) is 5.45. The molecule has 2 N–H and O–H groups in total. The SMILES string of the molecule is Cc1ccccc1CNC(=O)c1cc(S(=O)(=O)N2CCc3ccccc3C2)c(C)[nH]1. The van der Waals surface area contributed by atoms with Crippen LogP contribution in [0.15, 0.2) is 59.5 Å². The third-order valence-electron chi connectivity index (χ3n) is 5.63. The highest BCUT2D eigenvalue weighted by Crippen LogP contribution is 2.27. The zero-order chi connectivity index (χ0) is 21.3. The van der Waals surface area contributed by atoms with Gasteiger partial charge in [-0.2, -0.15) is 4.31 Å². The molecule has 6 nitrogen and oxygen atoms in total. The summed E-state index contributed by atoms with van der Waals surface area (Å²) in [7, 11) is -3.70. The van der Waals surface area contributed by atoms with E-state index in [0.29, 0.717) is 31.7 Å². The van der Waals surface area contributed by atoms with E-state index >= 15 is 0 Å². The number of hydrogen-bond donors (Lipinski definition) is 2. The monoisotopic (exact) mass is 423 g/mol. The van der Waals surface area contributed by atoms with E-state index < -0.39 is 10.0 Å². The van der Waals surface area contributed by atoms with Crippen molar-refractivity contribution in [3.8, 4) is 0 Å². The average Bonchev–Trinajstić information content (AvgIpc) is 3.15. The average molecular weight is 424 g/mol. The van der Waals surface area contributed by atoms with E-state index in [0.717, 1.165) is 16.7 Å². The van der Waals surface area contributed by atoms with Gasteiger partial charge in [0.25, 0.3) is 5.91 Å². The second-order valence-corrected chi connectivity index (χ2v) is 9.55. The summed E-state index contributed by atoms with van der Waals surface area (Å²) >= 11 is 0. The molecule has 0 bridgehead atoms. The highest BCUT2D eigenvalue weighted by Gasteiger charge is 2.31. The molecule has 0 atom stereocenters. The van der Waals surface area contributed by atoms with Crippen LogP contribution in [-0.4, -0.2) is 30.2 Å². The second-order valence-electron chi connectivity index (χ2n) is 7.64. The lowest BCUT2D eigenvalue weighted by atomic mass is 10.0. The number of amides is 1. The molecule has 1 amide bonds. The number of H-pyrrole nitrogens is 1. The zero-order valence-corrected chi connectivity index (χ0v) is 17.9.